The van der Waals surface area contributed by atoms with E-state index in [-0.39, 0.29) is 24.0 Å². The van der Waals surface area contributed by atoms with E-state index in [9.17, 15) is 0 Å². The summed E-state index contributed by atoms with van der Waals surface area (Å²) in [7, 11) is 0. The van der Waals surface area contributed by atoms with Crippen LogP contribution in [0.25, 0.3) is 0 Å². The zero-order valence-corrected chi connectivity index (χ0v) is 20.7. The fourth-order valence-electron chi connectivity index (χ4n) is 2.69. The first-order valence-corrected chi connectivity index (χ1v) is 11.4. The molecule has 0 saturated heterocycles. The molecule has 0 aromatic heterocycles. The Morgan fingerprint density at radius 3 is 2.21 bits per heavy atom. The van der Waals surface area contributed by atoms with Crippen LogP contribution >= 0.6 is 35.7 Å². The second kappa shape index (κ2) is 16.5. The van der Waals surface area contributed by atoms with Crippen molar-refractivity contribution >= 4 is 41.7 Å². The molecule has 0 spiro atoms. The minimum atomic E-state index is 0. The number of nitrogens with one attached hydrogen (secondary N) is 2. The molecule has 2 aromatic rings. The van der Waals surface area contributed by atoms with Gasteiger partial charge in [0.05, 0.1) is 19.8 Å². The highest BCUT2D eigenvalue weighted by molar-refractivity contribution is 14.0. The van der Waals surface area contributed by atoms with Gasteiger partial charge in [-0.2, -0.15) is 11.8 Å². The third kappa shape index (κ3) is 11.5. The molecule has 6 heteroatoms. The number of benzene rings is 2. The van der Waals surface area contributed by atoms with Crippen molar-refractivity contribution in [2.24, 2.45) is 4.99 Å². The smallest absolute Gasteiger partial charge is 0.191 e. The fraction of sp³-hybridized carbons (Fsp3) is 0.435. The van der Waals surface area contributed by atoms with Gasteiger partial charge in [-0.15, -0.1) is 24.0 Å². The van der Waals surface area contributed by atoms with Gasteiger partial charge >= 0.3 is 0 Å². The summed E-state index contributed by atoms with van der Waals surface area (Å²) >= 11 is 1.90. The van der Waals surface area contributed by atoms with E-state index in [1.807, 2.05) is 30.0 Å². The topological polar surface area (TPSA) is 45.7 Å². The molecule has 2 rings (SSSR count). The Bertz CT molecular complexity index is 680. The highest BCUT2D eigenvalue weighted by atomic mass is 127. The van der Waals surface area contributed by atoms with Crippen LogP contribution in [-0.2, 0) is 24.5 Å². The van der Waals surface area contributed by atoms with E-state index in [1.165, 1.54) is 35.3 Å². The lowest BCUT2D eigenvalue weighted by molar-refractivity contribution is 0.107. The molecular weight excluding hydrogens is 493 g/mol. The summed E-state index contributed by atoms with van der Waals surface area (Å²) in [5.74, 6) is 2.11. The van der Waals surface area contributed by atoms with E-state index >= 15 is 0 Å². The molecular formula is C23H34IN3OS. The zero-order valence-electron chi connectivity index (χ0n) is 17.5. The number of hydrogen-bond acceptors (Lipinski definition) is 3. The molecule has 0 amide bonds. The number of aliphatic imine (C=N–C) groups is 1. The quantitative estimate of drug-likeness (QED) is 0.172. The van der Waals surface area contributed by atoms with Gasteiger partial charge < -0.3 is 15.4 Å². The van der Waals surface area contributed by atoms with Crippen LogP contribution in [0.5, 0.6) is 0 Å². The standard InChI is InChI=1S/C23H33N3OS.HI/c1-3-24-23(25-15-7-8-16-28-2)26-17-20-11-13-22(14-12-20)19-27-18-21-9-5-4-6-10-21;/h4-6,9-14H,3,7-8,15-19H2,1-2H3,(H2,24,25,26);1H. The Morgan fingerprint density at radius 2 is 1.55 bits per heavy atom. The van der Waals surface area contributed by atoms with Crippen molar-refractivity contribution < 1.29 is 4.74 Å². The summed E-state index contributed by atoms with van der Waals surface area (Å²) in [6.45, 7) is 5.86. The highest BCUT2D eigenvalue weighted by Crippen LogP contribution is 2.09. The van der Waals surface area contributed by atoms with Gasteiger partial charge in [-0.25, -0.2) is 4.99 Å². The number of halogens is 1. The minimum Gasteiger partial charge on any atom is -0.372 e. The molecule has 0 saturated carbocycles. The monoisotopic (exact) mass is 527 g/mol. The molecule has 29 heavy (non-hydrogen) atoms. The molecule has 0 atom stereocenters. The molecule has 0 bridgehead atoms. The summed E-state index contributed by atoms with van der Waals surface area (Å²) in [5.41, 5.74) is 3.58. The Labute approximate surface area is 197 Å². The number of nitrogens with zero attached hydrogens (tertiary/aromatic N) is 1. The zero-order chi connectivity index (χ0) is 19.9. The van der Waals surface area contributed by atoms with E-state index < -0.39 is 0 Å². The van der Waals surface area contributed by atoms with Crippen LogP contribution in [0.1, 0.15) is 36.5 Å². The third-order valence-electron chi connectivity index (χ3n) is 4.23. The molecule has 0 heterocycles. The van der Waals surface area contributed by atoms with Gasteiger partial charge in [-0.3, -0.25) is 0 Å². The number of unbranched alkanes of at least 4 members (excludes halogenated alkanes) is 1. The third-order valence-corrected chi connectivity index (χ3v) is 4.93. The second-order valence-corrected chi connectivity index (χ2v) is 7.60. The Hall–Kier alpha value is -1.25. The molecule has 2 aromatic carbocycles. The lowest BCUT2D eigenvalue weighted by Crippen LogP contribution is -2.37. The van der Waals surface area contributed by atoms with Crippen molar-refractivity contribution in [2.75, 3.05) is 25.1 Å². The summed E-state index contributed by atoms with van der Waals surface area (Å²) in [6, 6.07) is 18.8. The molecule has 0 unspecified atom stereocenters. The van der Waals surface area contributed by atoms with Crippen molar-refractivity contribution in [2.45, 2.75) is 39.5 Å². The highest BCUT2D eigenvalue weighted by Gasteiger charge is 1.99. The SMILES string of the molecule is CCNC(=NCc1ccc(COCc2ccccc2)cc1)NCCCCSC.I. The largest absolute Gasteiger partial charge is 0.372 e. The van der Waals surface area contributed by atoms with Crippen LogP contribution in [0.2, 0.25) is 0 Å². The number of rotatable bonds is 12. The van der Waals surface area contributed by atoms with E-state index in [1.54, 1.807) is 0 Å². The molecule has 2 N–H and O–H groups in total. The van der Waals surface area contributed by atoms with Gasteiger partial charge in [0, 0.05) is 13.1 Å². The molecule has 160 valence electrons. The van der Waals surface area contributed by atoms with Crippen molar-refractivity contribution in [1.82, 2.24) is 10.6 Å². The van der Waals surface area contributed by atoms with Crippen LogP contribution in [0.4, 0.5) is 0 Å². The van der Waals surface area contributed by atoms with Gasteiger partial charge in [0.2, 0.25) is 0 Å². The van der Waals surface area contributed by atoms with Gasteiger partial charge in [-0.05, 0) is 48.5 Å². The van der Waals surface area contributed by atoms with Gasteiger partial charge in [-0.1, -0.05) is 54.6 Å². The Balaban J connectivity index is 0.00000420. The molecule has 4 nitrogen and oxygen atoms in total. The summed E-state index contributed by atoms with van der Waals surface area (Å²) in [5, 5.41) is 6.73. The van der Waals surface area contributed by atoms with Crippen molar-refractivity contribution in [3.63, 3.8) is 0 Å². The predicted octanol–water partition coefficient (Wildman–Crippen LogP) is 5.22. The Kier molecular flexibility index (Phi) is 14.7. The summed E-state index contributed by atoms with van der Waals surface area (Å²) in [6.07, 6.45) is 4.56. The maximum Gasteiger partial charge on any atom is 0.191 e. The van der Waals surface area contributed by atoms with E-state index in [2.05, 4.69) is 60.2 Å². The van der Waals surface area contributed by atoms with Crippen LogP contribution in [0, 0.1) is 0 Å². The summed E-state index contributed by atoms with van der Waals surface area (Å²) in [4.78, 5) is 4.69. The van der Waals surface area contributed by atoms with Crippen molar-refractivity contribution in [1.29, 1.82) is 0 Å². The molecule has 0 radical (unpaired) electrons. The minimum absolute atomic E-state index is 0. The maximum atomic E-state index is 5.80. The predicted molar refractivity (Wildman–Crippen MR) is 137 cm³/mol. The first-order valence-electron chi connectivity index (χ1n) is 10.0. The van der Waals surface area contributed by atoms with E-state index in [4.69, 9.17) is 9.73 Å². The van der Waals surface area contributed by atoms with E-state index in [0.717, 1.165) is 19.0 Å². The van der Waals surface area contributed by atoms with Crippen LogP contribution < -0.4 is 10.6 Å². The van der Waals surface area contributed by atoms with Crippen LogP contribution in [0.15, 0.2) is 59.6 Å². The molecule has 0 fully saturated rings. The van der Waals surface area contributed by atoms with E-state index in [0.29, 0.717) is 19.8 Å². The Morgan fingerprint density at radius 1 is 0.897 bits per heavy atom. The molecule has 0 aliphatic heterocycles. The first-order chi connectivity index (χ1) is 13.8. The lowest BCUT2D eigenvalue weighted by atomic mass is 10.1. The van der Waals surface area contributed by atoms with Crippen molar-refractivity contribution in [3.05, 3.63) is 71.3 Å². The van der Waals surface area contributed by atoms with Gasteiger partial charge in [0.15, 0.2) is 5.96 Å². The average Bonchev–Trinajstić information content (AvgIpc) is 2.73. The van der Waals surface area contributed by atoms with Crippen molar-refractivity contribution in [3.8, 4) is 0 Å². The maximum absolute atomic E-state index is 5.80. The number of thioether (sulfide) groups is 1. The first kappa shape index (κ1) is 25.8. The molecule has 0 aliphatic carbocycles. The lowest BCUT2D eigenvalue weighted by Gasteiger charge is -2.11. The normalized spacial score (nSPS) is 11.0. The number of guanidine groups is 1. The number of ether oxygens (including phenoxy) is 1. The fourth-order valence-corrected chi connectivity index (χ4v) is 3.18. The summed E-state index contributed by atoms with van der Waals surface area (Å²) < 4.78 is 5.80. The number of hydrogen-bond donors (Lipinski definition) is 2. The molecule has 0 aliphatic rings. The van der Waals surface area contributed by atoms with Crippen LogP contribution in [0.3, 0.4) is 0 Å². The van der Waals surface area contributed by atoms with Crippen LogP contribution in [-0.4, -0.2) is 31.1 Å². The average molecular weight is 528 g/mol. The van der Waals surface area contributed by atoms with Gasteiger partial charge in [0.25, 0.3) is 0 Å². The van der Waals surface area contributed by atoms with Gasteiger partial charge in [0.1, 0.15) is 0 Å². The second-order valence-electron chi connectivity index (χ2n) is 6.62.